The van der Waals surface area contributed by atoms with Gasteiger partial charge in [0.05, 0.1) is 5.71 Å². The molecule has 0 unspecified atom stereocenters. The molecule has 88 valence electrons. The van der Waals surface area contributed by atoms with Gasteiger partial charge in [-0.2, -0.15) is 5.10 Å². The minimum absolute atomic E-state index is 0.349. The van der Waals surface area contributed by atoms with E-state index in [1.165, 1.54) is 0 Å². The maximum absolute atomic E-state index is 10.5. The average Bonchev–Trinajstić information content (AvgIpc) is 2.32. The van der Waals surface area contributed by atoms with Gasteiger partial charge in [-0.1, -0.05) is 44.2 Å². The van der Waals surface area contributed by atoms with E-state index in [9.17, 15) is 4.79 Å². The minimum Gasteiger partial charge on any atom is -0.303 e. The summed E-state index contributed by atoms with van der Waals surface area (Å²) in [5.41, 5.74) is 1.79. The normalized spacial score (nSPS) is 10.1. The maximum atomic E-state index is 10.5. The third-order valence-corrected chi connectivity index (χ3v) is 1.70. The van der Waals surface area contributed by atoms with Crippen molar-refractivity contribution in [3.05, 3.63) is 35.9 Å². The van der Waals surface area contributed by atoms with Crippen LogP contribution in [0.1, 0.15) is 25.8 Å². The van der Waals surface area contributed by atoms with Crippen molar-refractivity contribution in [2.75, 3.05) is 14.1 Å². The number of rotatable bonds is 4. The van der Waals surface area contributed by atoms with Crippen molar-refractivity contribution in [1.29, 1.82) is 0 Å². The van der Waals surface area contributed by atoms with Crippen molar-refractivity contribution in [3.63, 3.8) is 0 Å². The number of hydrazone groups is 1. The van der Waals surface area contributed by atoms with Crippen LogP contribution in [0.25, 0.3) is 0 Å². The molecule has 0 heterocycles. The quantitative estimate of drug-likeness (QED) is 0.444. The first-order valence-corrected chi connectivity index (χ1v) is 5.48. The van der Waals surface area contributed by atoms with E-state index in [-0.39, 0.29) is 0 Å². The van der Waals surface area contributed by atoms with Crippen LogP contribution in [0.3, 0.4) is 0 Å². The van der Waals surface area contributed by atoms with Gasteiger partial charge in [-0.05, 0) is 5.56 Å². The molecule has 0 aliphatic heterocycles. The van der Waals surface area contributed by atoms with Gasteiger partial charge in [-0.25, -0.2) is 0 Å². The lowest BCUT2D eigenvalue weighted by molar-refractivity contribution is -0.106. The molecule has 0 amide bonds. The lowest BCUT2D eigenvalue weighted by atomic mass is 10.1. The van der Waals surface area contributed by atoms with Gasteiger partial charge >= 0.3 is 0 Å². The number of aldehydes is 1. The summed E-state index contributed by atoms with van der Waals surface area (Å²) in [5.74, 6) is 0. The molecule has 0 spiro atoms. The molecule has 0 radical (unpaired) electrons. The van der Waals surface area contributed by atoms with Gasteiger partial charge in [0.1, 0.15) is 6.29 Å². The Morgan fingerprint density at radius 2 is 1.81 bits per heavy atom. The number of hydrogen-bond acceptors (Lipinski definition) is 3. The van der Waals surface area contributed by atoms with Crippen LogP contribution in [0.15, 0.2) is 35.4 Å². The average molecular weight is 220 g/mol. The molecule has 1 aromatic carbocycles. The zero-order valence-corrected chi connectivity index (χ0v) is 10.5. The highest BCUT2D eigenvalue weighted by Gasteiger charge is 2.02. The molecule has 3 nitrogen and oxygen atoms in total. The van der Waals surface area contributed by atoms with Crippen molar-refractivity contribution < 1.29 is 4.79 Å². The predicted octanol–water partition coefficient (Wildman–Crippen LogP) is 2.57. The van der Waals surface area contributed by atoms with E-state index in [0.29, 0.717) is 6.42 Å². The monoisotopic (exact) mass is 220 g/mol. The second-order valence-electron chi connectivity index (χ2n) is 3.13. The highest BCUT2D eigenvalue weighted by Crippen LogP contribution is 2.04. The van der Waals surface area contributed by atoms with E-state index in [0.717, 1.165) is 17.6 Å². The smallest absolute Gasteiger partial charge is 0.126 e. The van der Waals surface area contributed by atoms with Crippen LogP contribution < -0.4 is 0 Å². The molecule has 0 aliphatic carbocycles. The molecule has 1 aromatic rings. The van der Waals surface area contributed by atoms with Crippen molar-refractivity contribution in [3.8, 4) is 0 Å². The van der Waals surface area contributed by atoms with Crippen LogP contribution >= 0.6 is 0 Å². The van der Waals surface area contributed by atoms with Gasteiger partial charge in [-0.3, -0.25) is 0 Å². The molecule has 0 fully saturated rings. The van der Waals surface area contributed by atoms with Crippen molar-refractivity contribution in [1.82, 2.24) is 5.01 Å². The largest absolute Gasteiger partial charge is 0.303 e. The highest BCUT2D eigenvalue weighted by atomic mass is 16.1. The molecule has 3 heteroatoms. The number of carbonyl (C=O) groups excluding carboxylic acids is 1. The second kappa shape index (κ2) is 8.65. The summed E-state index contributed by atoms with van der Waals surface area (Å²) in [7, 11) is 3.68. The molecule has 0 aliphatic rings. The number of carbonyl (C=O) groups is 1. The third-order valence-electron chi connectivity index (χ3n) is 1.70. The fraction of sp³-hybridized carbons (Fsp3) is 0.385. The second-order valence-corrected chi connectivity index (χ2v) is 3.13. The summed E-state index contributed by atoms with van der Waals surface area (Å²) in [6.07, 6.45) is 1.22. The Hall–Kier alpha value is -1.64. The molecular weight excluding hydrogens is 200 g/mol. The van der Waals surface area contributed by atoms with Gasteiger partial charge in [0.2, 0.25) is 0 Å². The first kappa shape index (κ1) is 14.4. The van der Waals surface area contributed by atoms with E-state index in [1.807, 2.05) is 58.3 Å². The Kier molecular flexibility index (Phi) is 7.76. The summed E-state index contributed by atoms with van der Waals surface area (Å²) >= 11 is 0. The fourth-order valence-electron chi connectivity index (χ4n) is 1.17. The number of hydrogen-bond donors (Lipinski definition) is 0. The van der Waals surface area contributed by atoms with Crippen molar-refractivity contribution in [2.45, 2.75) is 20.3 Å². The van der Waals surface area contributed by atoms with Crippen LogP contribution in [0.2, 0.25) is 0 Å². The van der Waals surface area contributed by atoms with Crippen LogP contribution in [0, 0.1) is 0 Å². The fourth-order valence-corrected chi connectivity index (χ4v) is 1.17. The Bertz CT molecular complexity index is 318. The van der Waals surface area contributed by atoms with Crippen LogP contribution in [0.4, 0.5) is 0 Å². The lowest BCUT2D eigenvalue weighted by Gasteiger charge is -2.08. The predicted molar refractivity (Wildman–Crippen MR) is 68.7 cm³/mol. The van der Waals surface area contributed by atoms with Gasteiger partial charge in [0.15, 0.2) is 0 Å². The molecule has 0 saturated heterocycles. The molecule has 0 atom stereocenters. The zero-order chi connectivity index (χ0) is 12.4. The third kappa shape index (κ3) is 5.29. The van der Waals surface area contributed by atoms with Gasteiger partial charge in [0.25, 0.3) is 0 Å². The Morgan fingerprint density at radius 3 is 2.25 bits per heavy atom. The van der Waals surface area contributed by atoms with Crippen molar-refractivity contribution >= 4 is 12.0 Å². The van der Waals surface area contributed by atoms with Gasteiger partial charge in [0, 0.05) is 20.5 Å². The lowest BCUT2D eigenvalue weighted by Crippen LogP contribution is -2.10. The molecule has 0 aromatic heterocycles. The van der Waals surface area contributed by atoms with E-state index in [2.05, 4.69) is 5.10 Å². The topological polar surface area (TPSA) is 32.7 Å². The Labute approximate surface area is 97.8 Å². The minimum atomic E-state index is 0.349. The number of nitrogens with zero attached hydrogens (tertiary/aromatic N) is 2. The molecular formula is C13H20N2O. The van der Waals surface area contributed by atoms with Gasteiger partial charge < -0.3 is 9.80 Å². The maximum Gasteiger partial charge on any atom is 0.126 e. The van der Waals surface area contributed by atoms with E-state index >= 15 is 0 Å². The molecule has 16 heavy (non-hydrogen) atoms. The van der Waals surface area contributed by atoms with E-state index < -0.39 is 0 Å². The highest BCUT2D eigenvalue weighted by molar-refractivity contribution is 6.06. The molecule has 0 N–H and O–H groups in total. The molecule has 0 saturated carbocycles. The molecule has 1 rings (SSSR count). The van der Waals surface area contributed by atoms with Crippen LogP contribution in [-0.2, 0) is 4.79 Å². The summed E-state index contributed by atoms with van der Waals surface area (Å²) in [5, 5.41) is 5.96. The van der Waals surface area contributed by atoms with Crippen LogP contribution in [-0.4, -0.2) is 31.1 Å². The summed E-state index contributed by atoms with van der Waals surface area (Å²) in [4.78, 5) is 10.5. The summed E-state index contributed by atoms with van der Waals surface area (Å²) in [6.45, 7) is 4.00. The number of benzene rings is 1. The first-order chi connectivity index (χ1) is 7.74. The van der Waals surface area contributed by atoms with Crippen molar-refractivity contribution in [2.24, 2.45) is 5.10 Å². The summed E-state index contributed by atoms with van der Waals surface area (Å²) < 4.78 is 0. The Morgan fingerprint density at radius 1 is 1.25 bits per heavy atom. The van der Waals surface area contributed by atoms with E-state index in [1.54, 1.807) is 5.01 Å². The standard InChI is InChI=1S/C11H14N2O.C2H6/c1-13(2)12-11(8-9-14)10-6-4-3-5-7-10;1-2/h3-7,9H,8H2,1-2H3;1-2H3/b12-11+;. The first-order valence-electron chi connectivity index (χ1n) is 5.48. The Balaban J connectivity index is 0.00000106. The van der Waals surface area contributed by atoms with Crippen LogP contribution in [0.5, 0.6) is 0 Å². The zero-order valence-electron chi connectivity index (χ0n) is 10.5. The van der Waals surface area contributed by atoms with Gasteiger partial charge in [-0.15, -0.1) is 0 Å². The SMILES string of the molecule is CC.CN(C)/N=C(\CC=O)c1ccccc1. The van der Waals surface area contributed by atoms with E-state index in [4.69, 9.17) is 0 Å². The summed E-state index contributed by atoms with van der Waals surface area (Å²) in [6, 6.07) is 9.71. The molecule has 0 bridgehead atoms.